The van der Waals surface area contributed by atoms with Crippen LogP contribution < -0.4 is 21.7 Å². The van der Waals surface area contributed by atoms with Crippen LogP contribution in [-0.4, -0.2) is 46.3 Å². The number of hydrogen-bond acceptors (Lipinski definition) is 13. The van der Waals surface area contributed by atoms with Crippen LogP contribution in [0.4, 0.5) is 0 Å². The molecule has 0 radical (unpaired) electrons. The Morgan fingerprint density at radius 3 is 1.92 bits per heavy atom. The van der Waals surface area contributed by atoms with Crippen molar-refractivity contribution in [2.24, 2.45) is 0 Å². The molecule has 16 nitrogen and oxygen atoms in total. The van der Waals surface area contributed by atoms with E-state index in [1.165, 1.54) is 0 Å². The SMILES string of the molecule is O=c1c2ccc(S(=O)(=O)O)cc2c(=O)c2c1cc(Cl)c1[nH]c3c([nH]c12)c(S(=O)(=O)O)cc1c(=O)c2ccc(SOOO)c(O)c2c(=O)c13. The van der Waals surface area contributed by atoms with Gasteiger partial charge in [0.1, 0.15) is 10.6 Å². The molecule has 1 heterocycles. The summed E-state index contributed by atoms with van der Waals surface area (Å²) in [7, 11) is -10.0. The predicted octanol–water partition coefficient (Wildman–Crippen LogP) is 3.42. The van der Waals surface area contributed by atoms with Gasteiger partial charge >= 0.3 is 0 Å². The molecular formula is C28H13ClN2O14S3. The molecule has 0 saturated heterocycles. The summed E-state index contributed by atoms with van der Waals surface area (Å²) >= 11 is 6.83. The molecule has 1 aromatic heterocycles. The minimum Gasteiger partial charge on any atom is -0.506 e. The van der Waals surface area contributed by atoms with Gasteiger partial charge in [0.05, 0.1) is 65.1 Å². The van der Waals surface area contributed by atoms with Gasteiger partial charge in [-0.1, -0.05) is 16.6 Å². The zero-order chi connectivity index (χ0) is 34.6. The Morgan fingerprint density at radius 1 is 0.646 bits per heavy atom. The zero-order valence-electron chi connectivity index (χ0n) is 23.0. The van der Waals surface area contributed by atoms with Gasteiger partial charge in [-0.25, -0.2) is 5.26 Å². The van der Waals surface area contributed by atoms with E-state index in [-0.39, 0.29) is 37.1 Å². The molecule has 0 aliphatic heterocycles. The summed E-state index contributed by atoms with van der Waals surface area (Å²) in [4.78, 5) is 58.6. The first kappa shape index (κ1) is 31.9. The Bertz CT molecular complexity index is 3110. The molecule has 20 heteroatoms. The number of rotatable bonds is 5. The Balaban J connectivity index is 1.73. The van der Waals surface area contributed by atoms with Crippen molar-refractivity contribution in [3.63, 3.8) is 0 Å². The van der Waals surface area contributed by atoms with E-state index in [4.69, 9.17) is 16.9 Å². The number of benzene rings is 6. The number of fused-ring (bicyclic) bond motifs is 8. The van der Waals surface area contributed by atoms with E-state index in [2.05, 4.69) is 19.3 Å². The third-order valence-electron chi connectivity index (χ3n) is 7.84. The number of H-pyrrole nitrogens is 2. The zero-order valence-corrected chi connectivity index (χ0v) is 26.2. The average Bonchev–Trinajstić information content (AvgIpc) is 3.02. The van der Waals surface area contributed by atoms with Crippen LogP contribution in [0.15, 0.2) is 76.3 Å². The number of aromatic hydroxyl groups is 1. The van der Waals surface area contributed by atoms with Crippen molar-refractivity contribution in [1.82, 2.24) is 9.97 Å². The molecule has 0 bridgehead atoms. The second-order valence-electron chi connectivity index (χ2n) is 10.4. The van der Waals surface area contributed by atoms with Gasteiger partial charge in [-0.15, -0.1) is 4.33 Å². The number of aromatic nitrogens is 2. The fourth-order valence-corrected chi connectivity index (χ4v) is 7.66. The van der Waals surface area contributed by atoms with Crippen molar-refractivity contribution in [3.05, 3.63) is 88.4 Å². The van der Waals surface area contributed by atoms with Crippen LogP contribution in [0.2, 0.25) is 5.02 Å². The molecule has 0 fully saturated rings. The summed E-state index contributed by atoms with van der Waals surface area (Å²) < 4.78 is 73.0. The normalized spacial score (nSPS) is 12.8. The van der Waals surface area contributed by atoms with E-state index < -0.39 is 95.5 Å². The molecule has 0 aliphatic rings. The standard InChI is InChI=1S/C28H13ClN2O14S3/c29-14-6-12-17(26(34)11-5-8(47(38,39)40)1-2-9(11)24(12)32)22-20(14)30-23-18-13(7-16(21(23)31-22)48(41,42)43)25(33)10-3-4-15(46-45-44-37)27(35)19(10)28(18)36/h1-7,30-31,35,37H,(H,38,39,40)(H,41,42,43). The van der Waals surface area contributed by atoms with Crippen LogP contribution in [0, 0.1) is 0 Å². The molecule has 0 unspecified atom stereocenters. The minimum atomic E-state index is -5.20. The van der Waals surface area contributed by atoms with Crippen LogP contribution in [0.25, 0.3) is 65.2 Å². The maximum absolute atomic E-state index is 14.0. The molecule has 0 amide bonds. The van der Waals surface area contributed by atoms with Crippen LogP contribution in [0.1, 0.15) is 0 Å². The lowest BCUT2D eigenvalue weighted by Crippen LogP contribution is -2.17. The number of aromatic amines is 2. The number of phenols is 1. The molecule has 244 valence electrons. The van der Waals surface area contributed by atoms with Gasteiger partial charge in [0, 0.05) is 26.9 Å². The Kier molecular flexibility index (Phi) is 7.07. The van der Waals surface area contributed by atoms with Crippen molar-refractivity contribution in [3.8, 4) is 5.75 Å². The summed E-state index contributed by atoms with van der Waals surface area (Å²) in [6.07, 6.45) is 0. The molecule has 0 saturated carbocycles. The van der Waals surface area contributed by atoms with E-state index in [9.17, 15) is 50.2 Å². The third kappa shape index (κ3) is 4.56. The molecule has 6 N–H and O–H groups in total. The number of halogens is 1. The smallest absolute Gasteiger partial charge is 0.296 e. The average molecular weight is 733 g/mol. The Hall–Kier alpha value is -4.70. The van der Waals surface area contributed by atoms with E-state index in [0.717, 1.165) is 36.4 Å². The third-order valence-corrected chi connectivity index (χ3v) is 10.5. The monoisotopic (exact) mass is 732 g/mol. The van der Waals surface area contributed by atoms with Crippen LogP contribution in [-0.2, 0) is 29.6 Å². The Labute approximate surface area is 272 Å². The van der Waals surface area contributed by atoms with Crippen molar-refractivity contribution < 1.29 is 45.7 Å². The minimum absolute atomic E-state index is 0.164. The Morgan fingerprint density at radius 2 is 1.25 bits per heavy atom. The van der Waals surface area contributed by atoms with Crippen LogP contribution >= 0.6 is 23.6 Å². The second-order valence-corrected chi connectivity index (χ2v) is 14.3. The first-order valence-electron chi connectivity index (χ1n) is 12.9. The molecule has 0 aliphatic carbocycles. The lowest BCUT2D eigenvalue weighted by molar-refractivity contribution is -0.432. The number of hydrogen-bond donors (Lipinski definition) is 6. The van der Waals surface area contributed by atoms with E-state index >= 15 is 0 Å². The highest BCUT2D eigenvalue weighted by molar-refractivity contribution is 7.94. The lowest BCUT2D eigenvalue weighted by atomic mass is 9.99. The van der Waals surface area contributed by atoms with Crippen molar-refractivity contribution in [2.45, 2.75) is 14.7 Å². The van der Waals surface area contributed by atoms with Gasteiger partial charge in [-0.05, 0) is 42.5 Å². The summed E-state index contributed by atoms with van der Waals surface area (Å²) in [5, 5.41) is 19.5. The first-order chi connectivity index (χ1) is 22.5. The molecule has 48 heavy (non-hydrogen) atoms. The van der Waals surface area contributed by atoms with Gasteiger partial charge in [0.25, 0.3) is 20.2 Å². The van der Waals surface area contributed by atoms with Gasteiger partial charge in [0.15, 0.2) is 21.7 Å². The largest absolute Gasteiger partial charge is 0.506 e. The molecular weight excluding hydrogens is 720 g/mol. The lowest BCUT2D eigenvalue weighted by Gasteiger charge is -2.14. The summed E-state index contributed by atoms with van der Waals surface area (Å²) in [5.74, 6) is -0.755. The number of nitrogens with one attached hydrogen (secondary N) is 2. The fourth-order valence-electron chi connectivity index (χ4n) is 5.82. The second kappa shape index (κ2) is 10.7. The van der Waals surface area contributed by atoms with Gasteiger partial charge < -0.3 is 15.1 Å². The molecule has 7 rings (SSSR count). The van der Waals surface area contributed by atoms with Crippen molar-refractivity contribution >= 4 is 109 Å². The quantitative estimate of drug-likeness (QED) is 0.0370. The van der Waals surface area contributed by atoms with Gasteiger partial charge in [0.2, 0.25) is 0 Å². The molecule has 0 spiro atoms. The summed E-state index contributed by atoms with van der Waals surface area (Å²) in [6, 6.07) is 6.85. The maximum atomic E-state index is 14.0. The maximum Gasteiger partial charge on any atom is 0.296 e. The molecule has 0 atom stereocenters. The predicted molar refractivity (Wildman–Crippen MR) is 173 cm³/mol. The summed E-state index contributed by atoms with van der Waals surface area (Å²) in [6.45, 7) is 0. The van der Waals surface area contributed by atoms with Crippen molar-refractivity contribution in [1.29, 1.82) is 0 Å². The highest BCUT2D eigenvalue weighted by Gasteiger charge is 2.26. The van der Waals surface area contributed by atoms with Gasteiger partial charge in [-0.3, -0.25) is 28.3 Å². The molecule has 6 aromatic carbocycles. The van der Waals surface area contributed by atoms with Crippen LogP contribution in [0.5, 0.6) is 5.75 Å². The van der Waals surface area contributed by atoms with Gasteiger partial charge in [-0.2, -0.15) is 16.8 Å². The topological polar surface area (TPSA) is 268 Å². The van der Waals surface area contributed by atoms with E-state index in [1.807, 2.05) is 0 Å². The fraction of sp³-hybridized carbons (Fsp3) is 0. The van der Waals surface area contributed by atoms with Crippen molar-refractivity contribution in [2.75, 3.05) is 0 Å². The first-order valence-corrected chi connectivity index (χ1v) is 16.9. The number of phenolic OH excluding ortho intramolecular Hbond substituents is 1. The highest BCUT2D eigenvalue weighted by atomic mass is 35.5. The van der Waals surface area contributed by atoms with E-state index in [0.29, 0.717) is 18.1 Å². The van der Waals surface area contributed by atoms with Crippen LogP contribution in [0.3, 0.4) is 0 Å². The van der Waals surface area contributed by atoms with E-state index in [1.54, 1.807) is 0 Å². The molecule has 7 aromatic rings. The summed E-state index contributed by atoms with van der Waals surface area (Å²) in [5.41, 5.74) is -5.15. The highest BCUT2D eigenvalue weighted by Crippen LogP contribution is 2.37.